The van der Waals surface area contributed by atoms with Crippen LogP contribution < -0.4 is 11.1 Å². The molecule has 1 aliphatic rings. The molecule has 5 heteroatoms. The molecule has 100 valence electrons. The smallest absolute Gasteiger partial charge is 0.210 e. The van der Waals surface area contributed by atoms with Gasteiger partial charge >= 0.3 is 0 Å². The molecule has 3 N–H and O–H groups in total. The summed E-state index contributed by atoms with van der Waals surface area (Å²) >= 11 is 11.4. The molecule has 0 saturated carbocycles. The quantitative estimate of drug-likeness (QED) is 0.508. The van der Waals surface area contributed by atoms with E-state index < -0.39 is 5.12 Å². The zero-order chi connectivity index (χ0) is 13.7. The van der Waals surface area contributed by atoms with Crippen molar-refractivity contribution in [1.29, 1.82) is 0 Å². The second kappa shape index (κ2) is 6.08. The van der Waals surface area contributed by atoms with Crippen LogP contribution >= 0.6 is 23.8 Å². The zero-order valence-corrected chi connectivity index (χ0v) is 12.0. The number of rotatable bonds is 4. The number of nitrogens with two attached hydrogens (primary N) is 1. The minimum absolute atomic E-state index is 0.180. The van der Waals surface area contributed by atoms with Crippen molar-refractivity contribution in [2.45, 2.75) is 11.5 Å². The lowest BCUT2D eigenvalue weighted by Gasteiger charge is -2.38. The Kier molecular flexibility index (Phi) is 4.45. The molecule has 0 bridgehead atoms. The minimum Gasteiger partial charge on any atom is -0.376 e. The average molecular weight is 294 g/mol. The fourth-order valence-electron chi connectivity index (χ4n) is 1.96. The molecule has 0 fully saturated rings. The van der Waals surface area contributed by atoms with Gasteiger partial charge in [-0.05, 0) is 36.4 Å². The van der Waals surface area contributed by atoms with Crippen molar-refractivity contribution < 1.29 is 0 Å². The number of nitrogens with zero attached hydrogens (tertiary/aromatic N) is 1. The van der Waals surface area contributed by atoms with Crippen LogP contribution in [0.2, 0.25) is 0 Å². The van der Waals surface area contributed by atoms with E-state index in [-0.39, 0.29) is 5.11 Å². The molecule has 1 aromatic rings. The van der Waals surface area contributed by atoms with E-state index in [1.807, 2.05) is 47.5 Å². The van der Waals surface area contributed by atoms with Crippen LogP contribution in [0.25, 0.3) is 0 Å². The van der Waals surface area contributed by atoms with Crippen LogP contribution in [0.15, 0.2) is 54.8 Å². The summed E-state index contributed by atoms with van der Waals surface area (Å²) < 4.78 is 0. The van der Waals surface area contributed by atoms with Crippen LogP contribution in [-0.2, 0) is 6.42 Å². The van der Waals surface area contributed by atoms with Crippen molar-refractivity contribution in [1.82, 2.24) is 10.2 Å². The van der Waals surface area contributed by atoms with E-state index in [9.17, 15) is 0 Å². The molecule has 0 aromatic heterocycles. The van der Waals surface area contributed by atoms with E-state index in [0.29, 0.717) is 0 Å². The first kappa shape index (κ1) is 13.9. The zero-order valence-electron chi connectivity index (χ0n) is 10.4. The van der Waals surface area contributed by atoms with Crippen molar-refractivity contribution >= 4 is 28.9 Å². The van der Waals surface area contributed by atoms with Gasteiger partial charge in [-0.25, -0.2) is 0 Å². The number of alkyl halides is 1. The third kappa shape index (κ3) is 3.72. The third-order valence-electron chi connectivity index (χ3n) is 2.89. The third-order valence-corrected chi connectivity index (χ3v) is 3.43. The van der Waals surface area contributed by atoms with Gasteiger partial charge in [0.2, 0.25) is 5.12 Å². The summed E-state index contributed by atoms with van der Waals surface area (Å²) in [6, 6.07) is 10.3. The molecule has 1 unspecified atom stereocenters. The number of hydrogen-bond donors (Lipinski definition) is 2. The van der Waals surface area contributed by atoms with Crippen molar-refractivity contribution in [3.05, 3.63) is 60.3 Å². The maximum atomic E-state index is 6.51. The van der Waals surface area contributed by atoms with Crippen molar-refractivity contribution in [3.8, 4) is 0 Å². The van der Waals surface area contributed by atoms with E-state index in [1.54, 1.807) is 0 Å². The monoisotopic (exact) mass is 293 g/mol. The predicted octanol–water partition coefficient (Wildman–Crippen LogP) is 2.34. The summed E-state index contributed by atoms with van der Waals surface area (Å²) in [4.78, 5) is 1.97. The van der Waals surface area contributed by atoms with Crippen LogP contribution in [0.3, 0.4) is 0 Å². The molecule has 1 aromatic carbocycles. The van der Waals surface area contributed by atoms with Gasteiger partial charge in [0.1, 0.15) is 0 Å². The Bertz CT molecular complexity index is 501. The maximum Gasteiger partial charge on any atom is 0.210 e. The predicted molar refractivity (Wildman–Crippen MR) is 83.6 cm³/mol. The maximum absolute atomic E-state index is 6.51. The molecule has 0 aliphatic carbocycles. The summed E-state index contributed by atoms with van der Waals surface area (Å²) in [5, 5.41) is 2.21. The second-order valence-corrected chi connectivity index (χ2v) is 5.31. The summed E-state index contributed by atoms with van der Waals surface area (Å²) in [6.45, 7) is 0.768. The Morgan fingerprint density at radius 2 is 2.05 bits per heavy atom. The molecule has 0 spiro atoms. The largest absolute Gasteiger partial charge is 0.376 e. The lowest BCUT2D eigenvalue weighted by atomic mass is 10.1. The molecule has 1 atom stereocenters. The number of allylic oxidation sites excluding steroid dienone is 2. The van der Waals surface area contributed by atoms with Crippen LogP contribution in [0.4, 0.5) is 0 Å². The van der Waals surface area contributed by atoms with Gasteiger partial charge in [0, 0.05) is 12.7 Å². The molecule has 19 heavy (non-hydrogen) atoms. The van der Waals surface area contributed by atoms with Crippen LogP contribution in [0.5, 0.6) is 0 Å². The van der Waals surface area contributed by atoms with E-state index in [4.69, 9.17) is 29.6 Å². The fraction of sp³-hybridized carbons (Fsp3) is 0.214. The summed E-state index contributed by atoms with van der Waals surface area (Å²) in [6.07, 6.45) is 8.47. The Labute approximate surface area is 123 Å². The van der Waals surface area contributed by atoms with E-state index in [1.165, 1.54) is 5.56 Å². The first-order valence-electron chi connectivity index (χ1n) is 6.03. The van der Waals surface area contributed by atoms with Crippen molar-refractivity contribution in [3.63, 3.8) is 0 Å². The summed E-state index contributed by atoms with van der Waals surface area (Å²) in [5.74, 6) is 0. The number of nitrogens with one attached hydrogen (secondary N) is 1. The molecule has 0 radical (unpaired) electrons. The topological polar surface area (TPSA) is 41.3 Å². The molecule has 2 rings (SSSR count). The normalized spacial score (nSPS) is 21.4. The molecule has 0 amide bonds. The minimum atomic E-state index is -0.880. The highest BCUT2D eigenvalue weighted by atomic mass is 35.5. The second-order valence-electron chi connectivity index (χ2n) is 4.29. The van der Waals surface area contributed by atoms with Crippen LogP contribution in [-0.4, -0.2) is 21.7 Å². The number of halogens is 1. The molecule has 1 aliphatic heterocycles. The summed E-state index contributed by atoms with van der Waals surface area (Å²) in [5.41, 5.74) is 6.79. The van der Waals surface area contributed by atoms with Crippen molar-refractivity contribution in [2.75, 3.05) is 6.54 Å². The molecular weight excluding hydrogens is 278 g/mol. The molecular formula is C14H16ClN3S. The van der Waals surface area contributed by atoms with E-state index >= 15 is 0 Å². The lowest BCUT2D eigenvalue weighted by molar-refractivity contribution is 0.264. The Morgan fingerprint density at radius 1 is 1.32 bits per heavy atom. The first-order valence-corrected chi connectivity index (χ1v) is 6.82. The fourth-order valence-corrected chi connectivity index (χ4v) is 2.49. The Hall–Kier alpha value is -1.52. The average Bonchev–Trinajstić information content (AvgIpc) is 2.38. The lowest BCUT2D eigenvalue weighted by Crippen LogP contribution is -2.56. The van der Waals surface area contributed by atoms with E-state index in [0.717, 1.165) is 13.0 Å². The Balaban J connectivity index is 2.03. The highest BCUT2D eigenvalue weighted by Crippen LogP contribution is 2.23. The number of thiocarbonyl (C=S) groups is 1. The van der Waals surface area contributed by atoms with Gasteiger partial charge < -0.3 is 16.0 Å². The summed E-state index contributed by atoms with van der Waals surface area (Å²) in [7, 11) is 0. The van der Waals surface area contributed by atoms with Crippen LogP contribution in [0, 0.1) is 0 Å². The number of benzene rings is 1. The molecule has 0 saturated heterocycles. The number of hydrogen-bond acceptors (Lipinski definition) is 2. The van der Waals surface area contributed by atoms with Gasteiger partial charge in [0.05, 0.1) is 0 Å². The highest BCUT2D eigenvalue weighted by Gasteiger charge is 2.31. The van der Waals surface area contributed by atoms with Gasteiger partial charge in [-0.2, -0.15) is 0 Å². The van der Waals surface area contributed by atoms with Gasteiger partial charge in [0.15, 0.2) is 5.11 Å². The standard InChI is InChI=1S/C14H16ClN3S/c15-14(17-13(16)19)9-4-5-10-18(14)11-8-12-6-2-1-3-7-12/h1-7,9-10H,8,11H2,(H3,16,17,19). The molecule has 1 heterocycles. The van der Waals surface area contributed by atoms with Crippen LogP contribution in [0.1, 0.15) is 5.56 Å². The van der Waals surface area contributed by atoms with Gasteiger partial charge in [0.25, 0.3) is 0 Å². The first-order chi connectivity index (χ1) is 9.10. The van der Waals surface area contributed by atoms with Crippen molar-refractivity contribution in [2.24, 2.45) is 5.73 Å². The van der Waals surface area contributed by atoms with Gasteiger partial charge in [-0.1, -0.05) is 48.0 Å². The Morgan fingerprint density at radius 3 is 2.74 bits per heavy atom. The SMILES string of the molecule is NC(=S)NC1(Cl)C=CC=CN1CCc1ccccc1. The van der Waals surface area contributed by atoms with Gasteiger partial charge in [-0.3, -0.25) is 0 Å². The molecule has 3 nitrogen and oxygen atoms in total. The highest BCUT2D eigenvalue weighted by molar-refractivity contribution is 7.80. The van der Waals surface area contributed by atoms with Gasteiger partial charge in [-0.15, -0.1) is 0 Å². The van der Waals surface area contributed by atoms with E-state index in [2.05, 4.69) is 17.4 Å².